The summed E-state index contributed by atoms with van der Waals surface area (Å²) in [4.78, 5) is 13.2. The summed E-state index contributed by atoms with van der Waals surface area (Å²) in [5.74, 6) is 0.979. The van der Waals surface area contributed by atoms with Crippen LogP contribution in [0, 0.1) is 0 Å². The molecule has 0 aliphatic heterocycles. The van der Waals surface area contributed by atoms with Crippen LogP contribution in [0.5, 0.6) is 0 Å². The van der Waals surface area contributed by atoms with E-state index in [0.717, 1.165) is 57.9 Å². The Labute approximate surface area is 193 Å². The Morgan fingerprint density at radius 2 is 2.00 bits per heavy atom. The molecule has 164 valence electrons. The molecule has 1 aliphatic carbocycles. The minimum Gasteiger partial charge on any atom is -0.452 e. The van der Waals surface area contributed by atoms with Crippen LogP contribution in [0.3, 0.4) is 0 Å². The molecule has 0 aromatic carbocycles. The highest BCUT2D eigenvalue weighted by atomic mass is 35.5. The maximum Gasteiger partial charge on any atom is 0.177 e. The molecule has 0 bridgehead atoms. The number of rotatable bonds is 4. The SMILES string of the molecule is NC=C(C=NC1CCC(O)CC1)c1cnc(N)c2oc(-c3csc4cnc(Cl)cc34)cc12. The van der Waals surface area contributed by atoms with Crippen LogP contribution in [-0.2, 0) is 0 Å². The van der Waals surface area contributed by atoms with Gasteiger partial charge < -0.3 is 21.0 Å². The second kappa shape index (κ2) is 8.54. The fourth-order valence-electron chi connectivity index (χ4n) is 4.10. The molecule has 7 nitrogen and oxygen atoms in total. The number of thiophene rings is 1. The van der Waals surface area contributed by atoms with Gasteiger partial charge in [0, 0.05) is 57.7 Å². The molecule has 4 heterocycles. The van der Waals surface area contributed by atoms with Gasteiger partial charge >= 0.3 is 0 Å². The van der Waals surface area contributed by atoms with Crippen molar-refractivity contribution in [1.82, 2.24) is 9.97 Å². The summed E-state index contributed by atoms with van der Waals surface area (Å²) in [7, 11) is 0. The van der Waals surface area contributed by atoms with Gasteiger partial charge in [-0.1, -0.05) is 11.6 Å². The van der Waals surface area contributed by atoms with E-state index < -0.39 is 0 Å². The topological polar surface area (TPSA) is 124 Å². The molecular weight excluding hydrogens is 446 g/mol. The number of furan rings is 1. The van der Waals surface area contributed by atoms with E-state index in [9.17, 15) is 5.11 Å². The molecule has 0 atom stereocenters. The van der Waals surface area contributed by atoms with Crippen LogP contribution in [0.1, 0.15) is 31.2 Å². The molecule has 1 aliphatic rings. The third kappa shape index (κ3) is 3.85. The number of allylic oxidation sites excluding steroid dienone is 1. The summed E-state index contributed by atoms with van der Waals surface area (Å²) in [6.45, 7) is 0. The Hall–Kier alpha value is -2.94. The number of pyridine rings is 2. The lowest BCUT2D eigenvalue weighted by Gasteiger charge is -2.22. The lowest BCUT2D eigenvalue weighted by molar-refractivity contribution is 0.123. The predicted octanol–water partition coefficient (Wildman–Crippen LogP) is 5.01. The van der Waals surface area contributed by atoms with Gasteiger partial charge in [0.2, 0.25) is 0 Å². The third-order valence-electron chi connectivity index (χ3n) is 5.86. The predicted molar refractivity (Wildman–Crippen MR) is 131 cm³/mol. The summed E-state index contributed by atoms with van der Waals surface area (Å²) in [6.07, 6.45) is 9.82. The number of aromatic nitrogens is 2. The van der Waals surface area contributed by atoms with Crippen LogP contribution in [0.15, 0.2) is 45.5 Å². The van der Waals surface area contributed by atoms with Crippen LogP contribution in [0.4, 0.5) is 5.82 Å². The fourth-order valence-corrected chi connectivity index (χ4v) is 5.16. The van der Waals surface area contributed by atoms with Crippen molar-refractivity contribution >= 4 is 61.6 Å². The van der Waals surface area contributed by atoms with E-state index >= 15 is 0 Å². The number of hydrogen-bond acceptors (Lipinski definition) is 8. The molecule has 0 spiro atoms. The number of hydrogen-bond donors (Lipinski definition) is 3. The van der Waals surface area contributed by atoms with E-state index in [4.69, 9.17) is 32.5 Å². The minimum absolute atomic E-state index is 0.182. The van der Waals surface area contributed by atoms with Gasteiger partial charge in [0.25, 0.3) is 0 Å². The zero-order valence-corrected chi connectivity index (χ0v) is 18.7. The standard InChI is InChI=1S/C23H22ClN5O2S/c24-21-6-15-18(11-32-20(15)10-28-21)19-5-16-17(9-29-23(26)22(16)31-19)12(7-25)8-27-13-1-3-14(30)4-2-13/h5-11,13-14,30H,1-4,25H2,(H2,26,29). The quantitative estimate of drug-likeness (QED) is 0.286. The highest BCUT2D eigenvalue weighted by molar-refractivity contribution is 7.17. The van der Waals surface area contributed by atoms with E-state index in [-0.39, 0.29) is 12.1 Å². The largest absolute Gasteiger partial charge is 0.452 e. The fraction of sp³-hybridized carbons (Fsp3) is 0.261. The average molecular weight is 468 g/mol. The Morgan fingerprint density at radius 1 is 1.19 bits per heavy atom. The van der Waals surface area contributed by atoms with Crippen molar-refractivity contribution in [2.75, 3.05) is 5.73 Å². The monoisotopic (exact) mass is 467 g/mol. The first-order chi connectivity index (χ1) is 15.5. The van der Waals surface area contributed by atoms with Crippen LogP contribution in [0.25, 0.3) is 38.0 Å². The second-order valence-corrected chi connectivity index (χ2v) is 9.22. The van der Waals surface area contributed by atoms with Gasteiger partial charge in [-0.25, -0.2) is 9.97 Å². The summed E-state index contributed by atoms with van der Waals surface area (Å²) >= 11 is 7.69. The average Bonchev–Trinajstić information content (AvgIpc) is 3.41. The van der Waals surface area contributed by atoms with Gasteiger partial charge in [0.05, 0.1) is 16.8 Å². The third-order valence-corrected chi connectivity index (χ3v) is 7.00. The first-order valence-electron chi connectivity index (χ1n) is 10.4. The molecule has 9 heteroatoms. The lowest BCUT2D eigenvalue weighted by atomic mass is 9.93. The van der Waals surface area contributed by atoms with Crippen LogP contribution >= 0.6 is 22.9 Å². The van der Waals surface area contributed by atoms with E-state index in [2.05, 4.69) is 9.97 Å². The molecule has 0 amide bonds. The van der Waals surface area contributed by atoms with Crippen molar-refractivity contribution < 1.29 is 9.52 Å². The maximum absolute atomic E-state index is 9.71. The number of aliphatic hydroxyl groups excluding tert-OH is 1. The van der Waals surface area contributed by atoms with Crippen molar-refractivity contribution in [2.45, 2.75) is 37.8 Å². The molecule has 0 radical (unpaired) electrons. The Balaban J connectivity index is 1.55. The number of nitrogens with zero attached hydrogens (tertiary/aromatic N) is 3. The number of anilines is 1. The zero-order chi connectivity index (χ0) is 22.2. The lowest BCUT2D eigenvalue weighted by Crippen LogP contribution is -2.20. The number of nitrogens with two attached hydrogens (primary N) is 2. The molecule has 32 heavy (non-hydrogen) atoms. The summed E-state index contributed by atoms with van der Waals surface area (Å²) in [5, 5.41) is 13.9. The van der Waals surface area contributed by atoms with Gasteiger partial charge in [-0.05, 0) is 37.8 Å². The Morgan fingerprint density at radius 3 is 2.78 bits per heavy atom. The number of nitrogen functional groups attached to an aromatic ring is 1. The molecule has 4 aromatic heterocycles. The highest BCUT2D eigenvalue weighted by Crippen LogP contribution is 2.39. The first-order valence-corrected chi connectivity index (χ1v) is 11.6. The van der Waals surface area contributed by atoms with Gasteiger partial charge in [0.15, 0.2) is 11.4 Å². The highest BCUT2D eigenvalue weighted by Gasteiger charge is 2.20. The zero-order valence-electron chi connectivity index (χ0n) is 17.2. The maximum atomic E-state index is 9.71. The van der Waals surface area contributed by atoms with E-state index in [1.54, 1.807) is 29.9 Å². The van der Waals surface area contributed by atoms with Gasteiger partial charge in [-0.2, -0.15) is 0 Å². The summed E-state index contributed by atoms with van der Waals surface area (Å²) < 4.78 is 7.17. The molecule has 5 N–H and O–H groups in total. The van der Waals surface area contributed by atoms with E-state index in [0.29, 0.717) is 22.3 Å². The van der Waals surface area contributed by atoms with Gasteiger partial charge in [0.1, 0.15) is 10.9 Å². The van der Waals surface area contributed by atoms with Gasteiger partial charge in [-0.15, -0.1) is 11.3 Å². The molecule has 0 saturated heterocycles. The number of fused-ring (bicyclic) bond motifs is 2. The number of halogens is 1. The Bertz CT molecular complexity index is 1350. The molecule has 5 rings (SSSR count). The van der Waals surface area contributed by atoms with E-state index in [1.165, 1.54) is 6.20 Å². The Kier molecular flexibility index (Phi) is 5.58. The molecule has 1 saturated carbocycles. The molecular formula is C23H22ClN5O2S. The smallest absolute Gasteiger partial charge is 0.177 e. The van der Waals surface area contributed by atoms with E-state index in [1.807, 2.05) is 17.5 Å². The summed E-state index contributed by atoms with van der Waals surface area (Å²) in [5.41, 5.74) is 15.1. The van der Waals surface area contributed by atoms with Crippen molar-refractivity contribution in [3.05, 3.63) is 46.8 Å². The number of aliphatic hydroxyl groups is 1. The normalized spacial score (nSPS) is 20.0. The van der Waals surface area contributed by atoms with Crippen LogP contribution in [-0.4, -0.2) is 33.4 Å². The van der Waals surface area contributed by atoms with Crippen molar-refractivity contribution in [2.24, 2.45) is 10.7 Å². The van der Waals surface area contributed by atoms with Crippen LogP contribution < -0.4 is 11.5 Å². The van der Waals surface area contributed by atoms with Crippen molar-refractivity contribution in [1.29, 1.82) is 0 Å². The van der Waals surface area contributed by atoms with Crippen LogP contribution in [0.2, 0.25) is 5.15 Å². The summed E-state index contributed by atoms with van der Waals surface area (Å²) in [6, 6.07) is 3.96. The molecule has 1 fully saturated rings. The molecule has 4 aromatic rings. The van der Waals surface area contributed by atoms with Crippen molar-refractivity contribution in [3.63, 3.8) is 0 Å². The van der Waals surface area contributed by atoms with Crippen molar-refractivity contribution in [3.8, 4) is 11.3 Å². The van der Waals surface area contributed by atoms with Gasteiger partial charge in [-0.3, -0.25) is 4.99 Å². The number of aliphatic imine (C=N–C) groups is 1. The molecule has 0 unspecified atom stereocenters. The minimum atomic E-state index is -0.213. The first kappa shape index (κ1) is 20.9. The second-order valence-electron chi connectivity index (χ2n) is 7.93.